The Morgan fingerprint density at radius 3 is 2.61 bits per heavy atom. The molecule has 0 amide bonds. The lowest BCUT2D eigenvalue weighted by atomic mass is 10.2. The molecule has 6 rings (SSSR count). The smallest absolute Gasteiger partial charge is 0.205 e. The molecule has 1 N–H and O–H groups in total. The van der Waals surface area contributed by atoms with E-state index >= 15 is 0 Å². The number of rotatable bonds is 7. The maximum atomic E-state index is 13.1. The van der Waals surface area contributed by atoms with Crippen molar-refractivity contribution in [3.05, 3.63) is 89.1 Å². The largest absolute Gasteiger partial charge is 0.289 e. The summed E-state index contributed by atoms with van der Waals surface area (Å²) in [5.74, 6) is -0.320. The van der Waals surface area contributed by atoms with Gasteiger partial charge in [-0.25, -0.2) is 19.0 Å². The summed E-state index contributed by atoms with van der Waals surface area (Å²) in [6, 6.07) is 15.6. The Morgan fingerprint density at radius 1 is 0.974 bits per heavy atom. The van der Waals surface area contributed by atoms with E-state index in [0.717, 1.165) is 22.0 Å². The molecule has 0 saturated carbocycles. The molecule has 0 unspecified atom stereocenters. The second-order valence-electron chi connectivity index (χ2n) is 8.13. The van der Waals surface area contributed by atoms with Gasteiger partial charge in [0, 0.05) is 11.6 Å². The number of hydrazone groups is 1. The van der Waals surface area contributed by atoms with E-state index in [4.69, 9.17) is 4.98 Å². The van der Waals surface area contributed by atoms with Crippen LogP contribution in [0, 0.1) is 19.7 Å². The number of thiazole rings is 2. The van der Waals surface area contributed by atoms with Crippen LogP contribution in [0.25, 0.3) is 22.0 Å². The van der Waals surface area contributed by atoms with Crippen LogP contribution in [0.2, 0.25) is 0 Å². The fourth-order valence-electron chi connectivity index (χ4n) is 3.75. The van der Waals surface area contributed by atoms with Gasteiger partial charge < -0.3 is 0 Å². The van der Waals surface area contributed by atoms with Crippen LogP contribution >= 0.6 is 22.7 Å². The van der Waals surface area contributed by atoms with E-state index in [2.05, 4.69) is 36.1 Å². The monoisotopic (exact) mass is 542 g/mol. The molecule has 10 nitrogen and oxygen atoms in total. The van der Waals surface area contributed by atoms with E-state index in [0.29, 0.717) is 32.9 Å². The molecule has 4 aromatic heterocycles. The Balaban J connectivity index is 1.26. The maximum Gasteiger partial charge on any atom is 0.205 e. The highest BCUT2D eigenvalue weighted by Gasteiger charge is 2.20. The number of aromatic nitrogens is 6. The Hall–Kier alpha value is -4.62. The third-order valence-corrected chi connectivity index (χ3v) is 7.32. The van der Waals surface area contributed by atoms with Crippen molar-refractivity contribution in [2.24, 2.45) is 15.3 Å². The summed E-state index contributed by atoms with van der Waals surface area (Å²) >= 11 is 2.84. The first-order chi connectivity index (χ1) is 18.6. The van der Waals surface area contributed by atoms with Gasteiger partial charge in [-0.1, -0.05) is 34.7 Å². The molecule has 6 aromatic rings. The first kappa shape index (κ1) is 23.8. The van der Waals surface area contributed by atoms with Crippen molar-refractivity contribution in [3.8, 4) is 17.1 Å². The first-order valence-corrected chi connectivity index (χ1v) is 13.1. The normalized spacial score (nSPS) is 11.9. The number of para-hydroxylation sites is 1. The van der Waals surface area contributed by atoms with Crippen LogP contribution in [0.15, 0.2) is 81.5 Å². The van der Waals surface area contributed by atoms with Gasteiger partial charge in [0.2, 0.25) is 5.13 Å². The lowest BCUT2D eigenvalue weighted by molar-refractivity contribution is 0.628. The quantitative estimate of drug-likeness (QED) is 0.137. The van der Waals surface area contributed by atoms with Crippen molar-refractivity contribution in [1.29, 1.82) is 0 Å². The summed E-state index contributed by atoms with van der Waals surface area (Å²) in [6.45, 7) is 3.81. The van der Waals surface area contributed by atoms with Crippen molar-refractivity contribution >= 4 is 49.7 Å². The Morgan fingerprint density at radius 2 is 1.79 bits per heavy atom. The molecule has 0 radical (unpaired) electrons. The second kappa shape index (κ2) is 10.0. The molecule has 0 bridgehead atoms. The number of anilines is 1. The van der Waals surface area contributed by atoms with Crippen LogP contribution in [0.1, 0.15) is 17.1 Å². The van der Waals surface area contributed by atoms with Gasteiger partial charge in [-0.15, -0.1) is 26.7 Å². The van der Waals surface area contributed by atoms with Crippen molar-refractivity contribution in [3.63, 3.8) is 0 Å². The van der Waals surface area contributed by atoms with Crippen molar-refractivity contribution in [1.82, 2.24) is 29.4 Å². The third-order valence-electron chi connectivity index (χ3n) is 5.62. The number of hydrogen-bond acceptors (Lipinski definition) is 10. The maximum absolute atomic E-state index is 13.1. The summed E-state index contributed by atoms with van der Waals surface area (Å²) in [7, 11) is 0. The van der Waals surface area contributed by atoms with E-state index < -0.39 is 0 Å². The molecule has 38 heavy (non-hydrogen) atoms. The van der Waals surface area contributed by atoms with Gasteiger partial charge in [0.25, 0.3) is 0 Å². The highest BCUT2D eigenvalue weighted by Crippen LogP contribution is 2.32. The number of nitrogens with zero attached hydrogens (tertiary/aromatic N) is 9. The van der Waals surface area contributed by atoms with Gasteiger partial charge in [-0.05, 0) is 50.2 Å². The number of imidazole rings is 1. The minimum absolute atomic E-state index is 0.320. The summed E-state index contributed by atoms with van der Waals surface area (Å²) in [5.41, 5.74) is 8.17. The van der Waals surface area contributed by atoms with Gasteiger partial charge in [0.05, 0.1) is 34.7 Å². The molecule has 0 spiro atoms. The molecule has 0 aliphatic heterocycles. The van der Waals surface area contributed by atoms with E-state index in [1.165, 1.54) is 34.8 Å². The Labute approximate surface area is 223 Å². The van der Waals surface area contributed by atoms with E-state index in [-0.39, 0.29) is 5.82 Å². The zero-order valence-corrected chi connectivity index (χ0v) is 21.8. The fourth-order valence-corrected chi connectivity index (χ4v) is 5.21. The molecule has 4 heterocycles. The van der Waals surface area contributed by atoms with Gasteiger partial charge >= 0.3 is 0 Å². The van der Waals surface area contributed by atoms with E-state index in [1.54, 1.807) is 23.0 Å². The Kier molecular flexibility index (Phi) is 6.27. The molecule has 0 aliphatic rings. The Bertz CT molecular complexity index is 1780. The predicted octanol–water partition coefficient (Wildman–Crippen LogP) is 6.72. The van der Waals surface area contributed by atoms with Crippen LogP contribution in [0.4, 0.5) is 20.2 Å². The second-order valence-corrected chi connectivity index (χ2v) is 9.98. The van der Waals surface area contributed by atoms with Crippen molar-refractivity contribution < 1.29 is 4.39 Å². The number of benzene rings is 2. The molecule has 13 heteroatoms. The average molecular weight is 543 g/mol. The van der Waals surface area contributed by atoms with Crippen LogP contribution in [-0.4, -0.2) is 35.6 Å². The number of nitrogens with one attached hydrogen (secondary N) is 1. The van der Waals surface area contributed by atoms with Gasteiger partial charge in [0.1, 0.15) is 17.2 Å². The van der Waals surface area contributed by atoms with Crippen LogP contribution in [0.5, 0.6) is 0 Å². The number of fused-ring (bicyclic) bond motifs is 1. The van der Waals surface area contributed by atoms with E-state index in [1.807, 2.05) is 60.2 Å². The molecule has 188 valence electrons. The average Bonchev–Trinajstić information content (AvgIpc) is 3.69. The van der Waals surface area contributed by atoms with Gasteiger partial charge in [-0.2, -0.15) is 5.10 Å². The zero-order chi connectivity index (χ0) is 26.1. The van der Waals surface area contributed by atoms with Gasteiger partial charge in [-0.3, -0.25) is 9.83 Å². The van der Waals surface area contributed by atoms with Crippen LogP contribution in [0.3, 0.4) is 0 Å². The van der Waals surface area contributed by atoms with Gasteiger partial charge in [0.15, 0.2) is 9.96 Å². The van der Waals surface area contributed by atoms with Crippen molar-refractivity contribution in [2.45, 2.75) is 13.8 Å². The number of azo groups is 1. The minimum atomic E-state index is -0.320. The molecule has 0 fully saturated rings. The fraction of sp³-hybridized carbons (Fsp3) is 0.0800. The summed E-state index contributed by atoms with van der Waals surface area (Å²) in [4.78, 5) is 10.1. The topological polar surface area (TPSA) is 110 Å². The van der Waals surface area contributed by atoms with E-state index in [9.17, 15) is 4.39 Å². The molecule has 0 saturated heterocycles. The minimum Gasteiger partial charge on any atom is -0.289 e. The lowest BCUT2D eigenvalue weighted by Gasteiger charge is -2.03. The number of hydrogen-bond donors (Lipinski definition) is 1. The predicted molar refractivity (Wildman–Crippen MR) is 147 cm³/mol. The first-order valence-electron chi connectivity index (χ1n) is 11.4. The van der Waals surface area contributed by atoms with Crippen molar-refractivity contribution in [2.75, 3.05) is 5.43 Å². The summed E-state index contributed by atoms with van der Waals surface area (Å²) in [5, 5.41) is 24.8. The highest BCUT2D eigenvalue weighted by atomic mass is 32.1. The van der Waals surface area contributed by atoms with Crippen LogP contribution < -0.4 is 5.43 Å². The molecule has 2 aromatic carbocycles. The molecular formula is C25H19FN10S2. The lowest BCUT2D eigenvalue weighted by Crippen LogP contribution is -1.99. The molecular weight excluding hydrogens is 523 g/mol. The number of halogens is 1. The van der Waals surface area contributed by atoms with Crippen LogP contribution in [-0.2, 0) is 0 Å². The standard InChI is InChI=1S/C25H19FN10S2/c1-15-23(32-30-18-10-8-17(26)9-11-18)38-24(28-15)33-27-14-20-22(29-25-35(20)12-13-37-25)21-16(2)36(34-31-21)19-6-4-3-5-7-19/h3-14H,1-2H3,(H,28,33)/b27-14-,32-30?. The zero-order valence-electron chi connectivity index (χ0n) is 20.1. The summed E-state index contributed by atoms with van der Waals surface area (Å²) in [6.07, 6.45) is 3.63. The molecule has 0 atom stereocenters. The highest BCUT2D eigenvalue weighted by molar-refractivity contribution is 7.19. The summed E-state index contributed by atoms with van der Waals surface area (Å²) < 4.78 is 16.9. The SMILES string of the molecule is Cc1nc(N/N=C\c2c(-c3nnn(-c4ccccc4)c3C)nc3sccn23)sc1N=Nc1ccc(F)cc1. The third kappa shape index (κ3) is 4.60. The molecule has 0 aliphatic carbocycles. The number of aryl methyl sites for hydroxylation is 1.